The fourth-order valence-corrected chi connectivity index (χ4v) is 1.50. The van der Waals surface area contributed by atoms with E-state index in [1.807, 2.05) is 6.07 Å². The quantitative estimate of drug-likeness (QED) is 0.431. The lowest BCUT2D eigenvalue weighted by atomic mass is 10.2. The molecule has 0 aliphatic rings. The summed E-state index contributed by atoms with van der Waals surface area (Å²) in [6.07, 6.45) is 7.92. The molecule has 0 radical (unpaired) electrons. The summed E-state index contributed by atoms with van der Waals surface area (Å²) >= 11 is 0. The second-order valence-corrected chi connectivity index (χ2v) is 3.93. The van der Waals surface area contributed by atoms with Crippen LogP contribution in [0.25, 0.3) is 6.08 Å². The van der Waals surface area contributed by atoms with Gasteiger partial charge in [0.05, 0.1) is 6.61 Å². The van der Waals surface area contributed by atoms with Crippen molar-refractivity contribution in [1.82, 2.24) is 9.88 Å². The molecule has 0 aromatic carbocycles. The van der Waals surface area contributed by atoms with Crippen LogP contribution in [0.5, 0.6) is 0 Å². The topological polar surface area (TPSA) is 59.5 Å². The van der Waals surface area contributed by atoms with E-state index in [4.69, 9.17) is 4.74 Å². The van der Waals surface area contributed by atoms with Crippen LogP contribution in [-0.2, 0) is 14.3 Å². The lowest BCUT2D eigenvalue weighted by molar-refractivity contribution is -0.147. The van der Waals surface area contributed by atoms with Gasteiger partial charge in [0, 0.05) is 25.0 Å². The van der Waals surface area contributed by atoms with Crippen molar-refractivity contribution in [3.05, 3.63) is 48.8 Å². The zero-order chi connectivity index (χ0) is 14.8. The number of hydrogen-bond donors (Lipinski definition) is 0. The van der Waals surface area contributed by atoms with Gasteiger partial charge in [-0.05, 0) is 24.6 Å². The van der Waals surface area contributed by atoms with Gasteiger partial charge in [-0.25, -0.2) is 0 Å². The standard InChI is InChI=1S/C15H18N2O3/c1-3-10-17(12-15(19)20-4-2)14(18)8-7-13-6-5-9-16-11-13/h3,5-9,11H,1,4,10,12H2,2H3/b8-7+. The van der Waals surface area contributed by atoms with Crippen LogP contribution in [0.2, 0.25) is 0 Å². The minimum absolute atomic E-state index is 0.0872. The van der Waals surface area contributed by atoms with Gasteiger partial charge in [0.2, 0.25) is 5.91 Å². The van der Waals surface area contributed by atoms with E-state index >= 15 is 0 Å². The first-order valence-electron chi connectivity index (χ1n) is 6.31. The molecule has 0 bridgehead atoms. The van der Waals surface area contributed by atoms with Gasteiger partial charge in [-0.2, -0.15) is 0 Å². The molecule has 1 amide bonds. The average Bonchev–Trinajstić information content (AvgIpc) is 2.45. The highest BCUT2D eigenvalue weighted by Crippen LogP contribution is 2.01. The van der Waals surface area contributed by atoms with E-state index in [0.717, 1.165) is 5.56 Å². The molecule has 1 heterocycles. The van der Waals surface area contributed by atoms with Crippen molar-refractivity contribution < 1.29 is 14.3 Å². The van der Waals surface area contributed by atoms with Gasteiger partial charge in [-0.3, -0.25) is 14.6 Å². The molecule has 1 aromatic rings. The molecule has 0 spiro atoms. The highest BCUT2D eigenvalue weighted by Gasteiger charge is 2.14. The molecule has 5 heteroatoms. The molecule has 0 unspecified atom stereocenters. The van der Waals surface area contributed by atoms with E-state index in [1.54, 1.807) is 37.5 Å². The summed E-state index contributed by atoms with van der Waals surface area (Å²) in [7, 11) is 0. The van der Waals surface area contributed by atoms with Crippen LogP contribution >= 0.6 is 0 Å². The highest BCUT2D eigenvalue weighted by molar-refractivity contribution is 5.93. The number of amides is 1. The monoisotopic (exact) mass is 274 g/mol. The van der Waals surface area contributed by atoms with Gasteiger partial charge < -0.3 is 9.64 Å². The molecule has 0 N–H and O–H groups in total. The number of carbonyl (C=O) groups excluding carboxylic acids is 2. The Bertz CT molecular complexity index is 483. The van der Waals surface area contributed by atoms with Crippen LogP contribution in [0.4, 0.5) is 0 Å². The van der Waals surface area contributed by atoms with Crippen LogP contribution in [-0.4, -0.2) is 41.5 Å². The van der Waals surface area contributed by atoms with Gasteiger partial charge in [-0.1, -0.05) is 12.1 Å². The van der Waals surface area contributed by atoms with Gasteiger partial charge in [0.15, 0.2) is 0 Å². The number of nitrogens with zero attached hydrogens (tertiary/aromatic N) is 2. The van der Waals surface area contributed by atoms with Crippen LogP contribution in [0, 0.1) is 0 Å². The maximum Gasteiger partial charge on any atom is 0.325 e. The Kier molecular flexibility index (Phi) is 6.75. The number of hydrogen-bond acceptors (Lipinski definition) is 4. The first-order chi connectivity index (χ1) is 9.67. The average molecular weight is 274 g/mol. The fraction of sp³-hybridized carbons (Fsp3) is 0.267. The smallest absolute Gasteiger partial charge is 0.325 e. The Morgan fingerprint density at radius 1 is 1.50 bits per heavy atom. The first kappa shape index (κ1) is 15.6. The van der Waals surface area contributed by atoms with Crippen molar-refractivity contribution in [2.75, 3.05) is 19.7 Å². The molecular weight excluding hydrogens is 256 g/mol. The summed E-state index contributed by atoms with van der Waals surface area (Å²) in [6.45, 7) is 5.79. The van der Waals surface area contributed by atoms with E-state index in [0.29, 0.717) is 6.61 Å². The van der Waals surface area contributed by atoms with E-state index in [1.165, 1.54) is 11.0 Å². The summed E-state index contributed by atoms with van der Waals surface area (Å²) in [4.78, 5) is 28.7. The Morgan fingerprint density at radius 3 is 2.90 bits per heavy atom. The SMILES string of the molecule is C=CCN(CC(=O)OCC)C(=O)/C=C/c1cccnc1. The number of pyridine rings is 1. The Labute approximate surface area is 118 Å². The molecule has 0 aliphatic carbocycles. The lowest BCUT2D eigenvalue weighted by Crippen LogP contribution is -2.35. The highest BCUT2D eigenvalue weighted by atomic mass is 16.5. The Hall–Kier alpha value is -2.43. The third kappa shape index (κ3) is 5.48. The maximum atomic E-state index is 12.0. The predicted molar refractivity (Wildman–Crippen MR) is 76.7 cm³/mol. The lowest BCUT2D eigenvalue weighted by Gasteiger charge is -2.18. The van der Waals surface area contributed by atoms with E-state index in [2.05, 4.69) is 11.6 Å². The predicted octanol–water partition coefficient (Wildman–Crippen LogP) is 1.67. The van der Waals surface area contributed by atoms with Crippen molar-refractivity contribution in [2.45, 2.75) is 6.92 Å². The number of esters is 1. The minimum atomic E-state index is -0.433. The van der Waals surface area contributed by atoms with E-state index in [-0.39, 0.29) is 19.0 Å². The molecule has 0 saturated heterocycles. The van der Waals surface area contributed by atoms with Gasteiger partial charge in [0.25, 0.3) is 0 Å². The number of ether oxygens (including phenoxy) is 1. The summed E-state index contributed by atoms with van der Waals surface area (Å²) in [6, 6.07) is 3.62. The molecule has 106 valence electrons. The molecule has 0 saturated carbocycles. The molecule has 0 atom stereocenters. The first-order valence-corrected chi connectivity index (χ1v) is 6.31. The van der Waals surface area contributed by atoms with Crippen molar-refractivity contribution in [2.24, 2.45) is 0 Å². The molecule has 0 aliphatic heterocycles. The van der Waals surface area contributed by atoms with E-state index < -0.39 is 5.97 Å². The zero-order valence-electron chi connectivity index (χ0n) is 11.5. The minimum Gasteiger partial charge on any atom is -0.465 e. The van der Waals surface area contributed by atoms with Crippen molar-refractivity contribution in [1.29, 1.82) is 0 Å². The third-order valence-corrected chi connectivity index (χ3v) is 2.39. The third-order valence-electron chi connectivity index (χ3n) is 2.39. The summed E-state index contributed by atoms with van der Waals surface area (Å²) in [5.74, 6) is -0.709. The van der Waals surface area contributed by atoms with Gasteiger partial charge >= 0.3 is 5.97 Å². The van der Waals surface area contributed by atoms with Crippen LogP contribution < -0.4 is 0 Å². The van der Waals surface area contributed by atoms with Gasteiger partial charge in [-0.15, -0.1) is 6.58 Å². The Morgan fingerprint density at radius 2 is 2.30 bits per heavy atom. The van der Waals surface area contributed by atoms with Crippen molar-refractivity contribution in [3.8, 4) is 0 Å². The van der Waals surface area contributed by atoms with Crippen LogP contribution in [0.1, 0.15) is 12.5 Å². The number of carbonyl (C=O) groups is 2. The zero-order valence-corrected chi connectivity index (χ0v) is 11.5. The van der Waals surface area contributed by atoms with E-state index in [9.17, 15) is 9.59 Å². The maximum absolute atomic E-state index is 12.0. The number of aromatic nitrogens is 1. The summed E-state index contributed by atoms with van der Waals surface area (Å²) in [5.41, 5.74) is 0.815. The number of rotatable bonds is 7. The summed E-state index contributed by atoms with van der Waals surface area (Å²) < 4.78 is 4.83. The van der Waals surface area contributed by atoms with Crippen LogP contribution in [0.3, 0.4) is 0 Å². The van der Waals surface area contributed by atoms with Crippen molar-refractivity contribution in [3.63, 3.8) is 0 Å². The molecular formula is C15H18N2O3. The fourth-order valence-electron chi connectivity index (χ4n) is 1.50. The second kappa shape index (κ2) is 8.63. The Balaban J connectivity index is 2.66. The molecule has 20 heavy (non-hydrogen) atoms. The summed E-state index contributed by atoms with van der Waals surface area (Å²) in [5, 5.41) is 0. The molecule has 1 aromatic heterocycles. The van der Waals surface area contributed by atoms with Crippen LogP contribution in [0.15, 0.2) is 43.3 Å². The molecule has 5 nitrogen and oxygen atoms in total. The molecule has 1 rings (SSSR count). The largest absolute Gasteiger partial charge is 0.465 e. The van der Waals surface area contributed by atoms with Gasteiger partial charge in [0.1, 0.15) is 6.54 Å². The van der Waals surface area contributed by atoms with Crippen molar-refractivity contribution >= 4 is 18.0 Å². The molecule has 0 fully saturated rings. The second-order valence-electron chi connectivity index (χ2n) is 3.93. The normalized spacial score (nSPS) is 10.2.